The second-order valence-corrected chi connectivity index (χ2v) is 5.44. The van der Waals surface area contributed by atoms with Crippen LogP contribution in [0.25, 0.3) is 6.08 Å². The number of aryl methyl sites for hydroxylation is 1. The second kappa shape index (κ2) is 6.53. The van der Waals surface area contributed by atoms with Crippen molar-refractivity contribution in [1.82, 2.24) is 9.78 Å². The van der Waals surface area contributed by atoms with Gasteiger partial charge < -0.3 is 10.4 Å². The standard InChI is InChI=1S/C14H12IN3O3/c1-18-10(6-7-16-18)3-5-13(19)17-12-4-2-9(15)8-11(12)14(20)21/h2-8H,1H3,(H,17,19)(H,20,21). The number of carbonyl (C=O) groups excluding carboxylic acids is 1. The zero-order valence-corrected chi connectivity index (χ0v) is 13.2. The highest BCUT2D eigenvalue weighted by molar-refractivity contribution is 14.1. The van der Waals surface area contributed by atoms with Crippen LogP contribution >= 0.6 is 22.6 Å². The van der Waals surface area contributed by atoms with Crippen molar-refractivity contribution in [3.05, 3.63) is 51.4 Å². The normalized spacial score (nSPS) is 10.8. The number of carboxylic acids is 1. The molecule has 0 saturated carbocycles. The van der Waals surface area contributed by atoms with Crippen molar-refractivity contribution in [3.8, 4) is 0 Å². The average Bonchev–Trinajstić information content (AvgIpc) is 2.84. The minimum Gasteiger partial charge on any atom is -0.478 e. The average molecular weight is 397 g/mol. The maximum absolute atomic E-state index is 11.9. The number of amides is 1. The van der Waals surface area contributed by atoms with Crippen LogP contribution in [0.5, 0.6) is 0 Å². The van der Waals surface area contributed by atoms with Crippen LogP contribution in [0.3, 0.4) is 0 Å². The van der Waals surface area contributed by atoms with E-state index in [1.807, 2.05) is 22.6 Å². The van der Waals surface area contributed by atoms with Crippen LogP contribution in [0.2, 0.25) is 0 Å². The number of halogens is 1. The molecule has 0 radical (unpaired) electrons. The van der Waals surface area contributed by atoms with Gasteiger partial charge in [-0.1, -0.05) is 0 Å². The van der Waals surface area contributed by atoms with Crippen LogP contribution < -0.4 is 5.32 Å². The minimum atomic E-state index is -1.08. The summed E-state index contributed by atoms with van der Waals surface area (Å²) in [4.78, 5) is 23.0. The Morgan fingerprint density at radius 3 is 2.76 bits per heavy atom. The number of benzene rings is 1. The molecule has 1 amide bonds. The van der Waals surface area contributed by atoms with Crippen molar-refractivity contribution in [3.63, 3.8) is 0 Å². The van der Waals surface area contributed by atoms with E-state index in [0.717, 1.165) is 9.26 Å². The van der Waals surface area contributed by atoms with Gasteiger partial charge in [-0.2, -0.15) is 5.10 Å². The molecule has 0 unspecified atom stereocenters. The monoisotopic (exact) mass is 397 g/mol. The molecule has 21 heavy (non-hydrogen) atoms. The van der Waals surface area contributed by atoms with Crippen molar-refractivity contribution in [1.29, 1.82) is 0 Å². The van der Waals surface area contributed by atoms with Gasteiger partial charge in [0, 0.05) is 22.9 Å². The molecular weight excluding hydrogens is 385 g/mol. The van der Waals surface area contributed by atoms with Crippen molar-refractivity contribution in [2.24, 2.45) is 7.05 Å². The number of hydrogen-bond acceptors (Lipinski definition) is 3. The molecule has 1 aromatic carbocycles. The van der Waals surface area contributed by atoms with Crippen LogP contribution in [0.1, 0.15) is 16.1 Å². The first-order valence-corrected chi connectivity index (χ1v) is 7.05. The molecule has 0 saturated heterocycles. The number of nitrogens with zero attached hydrogens (tertiary/aromatic N) is 2. The van der Waals surface area contributed by atoms with E-state index in [-0.39, 0.29) is 11.3 Å². The molecule has 108 valence electrons. The number of carboxylic acid groups (broad SMARTS) is 1. The molecule has 0 spiro atoms. The molecule has 1 heterocycles. The Balaban J connectivity index is 2.15. The predicted molar refractivity (Wildman–Crippen MR) is 87.0 cm³/mol. The van der Waals surface area contributed by atoms with Crippen LogP contribution in [0.15, 0.2) is 36.5 Å². The van der Waals surface area contributed by atoms with E-state index in [1.54, 1.807) is 42.2 Å². The zero-order valence-electron chi connectivity index (χ0n) is 11.1. The lowest BCUT2D eigenvalue weighted by molar-refractivity contribution is -0.111. The quantitative estimate of drug-likeness (QED) is 0.613. The minimum absolute atomic E-state index is 0.0594. The first kappa shape index (κ1) is 15.2. The molecule has 0 fully saturated rings. The summed E-state index contributed by atoms with van der Waals surface area (Å²) in [6, 6.07) is 6.56. The Bertz CT molecular complexity index is 722. The summed E-state index contributed by atoms with van der Waals surface area (Å²) >= 11 is 2.02. The largest absolute Gasteiger partial charge is 0.478 e. The highest BCUT2D eigenvalue weighted by Crippen LogP contribution is 2.19. The molecule has 7 heteroatoms. The van der Waals surface area contributed by atoms with Gasteiger partial charge in [0.25, 0.3) is 0 Å². The smallest absolute Gasteiger partial charge is 0.337 e. The van der Waals surface area contributed by atoms with Crippen LogP contribution in [0.4, 0.5) is 5.69 Å². The molecule has 6 nitrogen and oxygen atoms in total. The molecule has 1 aromatic heterocycles. The topological polar surface area (TPSA) is 84.2 Å². The van der Waals surface area contributed by atoms with Crippen LogP contribution in [-0.2, 0) is 11.8 Å². The van der Waals surface area contributed by atoms with Gasteiger partial charge in [-0.05, 0) is 52.9 Å². The summed E-state index contributed by atoms with van der Waals surface area (Å²) in [5, 5.41) is 15.7. The van der Waals surface area contributed by atoms with Crippen molar-refractivity contribution >= 4 is 46.2 Å². The molecule has 2 rings (SSSR count). The third-order valence-electron chi connectivity index (χ3n) is 2.73. The third kappa shape index (κ3) is 3.91. The fourth-order valence-corrected chi connectivity index (χ4v) is 2.18. The molecule has 0 aliphatic heterocycles. The van der Waals surface area contributed by atoms with Gasteiger partial charge in [0.2, 0.25) is 5.91 Å². The highest BCUT2D eigenvalue weighted by atomic mass is 127. The van der Waals surface area contributed by atoms with Gasteiger partial charge in [0.05, 0.1) is 16.9 Å². The fourth-order valence-electron chi connectivity index (χ4n) is 1.69. The maximum Gasteiger partial charge on any atom is 0.337 e. The molecule has 0 aliphatic carbocycles. The van der Waals surface area contributed by atoms with E-state index in [2.05, 4.69) is 10.4 Å². The summed E-state index contributed by atoms with van der Waals surface area (Å²) in [6.45, 7) is 0. The first-order chi connectivity index (χ1) is 9.97. The number of anilines is 1. The summed E-state index contributed by atoms with van der Waals surface area (Å²) < 4.78 is 2.41. The van der Waals surface area contributed by atoms with Crippen molar-refractivity contribution < 1.29 is 14.7 Å². The number of rotatable bonds is 4. The molecular formula is C14H12IN3O3. The molecule has 0 atom stereocenters. The first-order valence-electron chi connectivity index (χ1n) is 5.97. The Morgan fingerprint density at radius 1 is 1.38 bits per heavy atom. The lowest BCUT2D eigenvalue weighted by Crippen LogP contribution is -2.12. The predicted octanol–water partition coefficient (Wildman–Crippen LogP) is 2.37. The molecule has 2 N–H and O–H groups in total. The van der Waals surface area contributed by atoms with Gasteiger partial charge in [-0.15, -0.1) is 0 Å². The van der Waals surface area contributed by atoms with Gasteiger partial charge >= 0.3 is 5.97 Å². The van der Waals surface area contributed by atoms with E-state index in [1.165, 1.54) is 12.1 Å². The highest BCUT2D eigenvalue weighted by Gasteiger charge is 2.11. The SMILES string of the molecule is Cn1nccc1C=CC(=O)Nc1ccc(I)cc1C(=O)O. The molecule has 2 aromatic rings. The van der Waals surface area contributed by atoms with E-state index >= 15 is 0 Å². The summed E-state index contributed by atoms with van der Waals surface area (Å²) in [5.74, 6) is -1.49. The van der Waals surface area contributed by atoms with Crippen molar-refractivity contribution in [2.75, 3.05) is 5.32 Å². The van der Waals surface area contributed by atoms with Gasteiger partial charge in [-0.25, -0.2) is 4.79 Å². The lowest BCUT2D eigenvalue weighted by Gasteiger charge is -2.07. The number of aromatic nitrogens is 2. The van der Waals surface area contributed by atoms with Gasteiger partial charge in [0.1, 0.15) is 0 Å². The van der Waals surface area contributed by atoms with E-state index in [0.29, 0.717) is 0 Å². The summed E-state index contributed by atoms with van der Waals surface area (Å²) in [7, 11) is 1.76. The van der Waals surface area contributed by atoms with Crippen molar-refractivity contribution in [2.45, 2.75) is 0 Å². The van der Waals surface area contributed by atoms with E-state index < -0.39 is 11.9 Å². The Labute approximate surface area is 134 Å². The second-order valence-electron chi connectivity index (χ2n) is 4.20. The van der Waals surface area contributed by atoms with Crippen LogP contribution in [0, 0.1) is 3.57 Å². The van der Waals surface area contributed by atoms with E-state index in [4.69, 9.17) is 5.11 Å². The Hall–Kier alpha value is -2.16. The third-order valence-corrected chi connectivity index (χ3v) is 3.41. The molecule has 0 bridgehead atoms. The lowest BCUT2D eigenvalue weighted by atomic mass is 10.2. The number of carbonyl (C=O) groups is 2. The zero-order chi connectivity index (χ0) is 15.4. The number of aromatic carboxylic acids is 1. The van der Waals surface area contributed by atoms with E-state index in [9.17, 15) is 9.59 Å². The number of nitrogens with one attached hydrogen (secondary N) is 1. The van der Waals surface area contributed by atoms with Gasteiger partial charge in [0.15, 0.2) is 0 Å². The maximum atomic E-state index is 11.9. The molecule has 0 aliphatic rings. The summed E-state index contributed by atoms with van der Waals surface area (Å²) in [5.41, 5.74) is 1.10. The Morgan fingerprint density at radius 2 is 2.14 bits per heavy atom. The van der Waals surface area contributed by atoms with Gasteiger partial charge in [-0.3, -0.25) is 9.48 Å². The summed E-state index contributed by atoms with van der Waals surface area (Å²) in [6.07, 6.45) is 4.56. The fraction of sp³-hybridized carbons (Fsp3) is 0.0714. The van der Waals surface area contributed by atoms with Crippen LogP contribution in [-0.4, -0.2) is 26.8 Å². The Kier molecular flexibility index (Phi) is 4.73. The number of hydrogen-bond donors (Lipinski definition) is 2.